The van der Waals surface area contributed by atoms with E-state index < -0.39 is 0 Å². The lowest BCUT2D eigenvalue weighted by atomic mass is 10.2. The van der Waals surface area contributed by atoms with Gasteiger partial charge in [0.15, 0.2) is 0 Å². The van der Waals surface area contributed by atoms with Crippen LogP contribution in [0.25, 0.3) is 11.0 Å². The fourth-order valence-electron chi connectivity index (χ4n) is 1.59. The SMILES string of the molecule is Brc1c(NCc2csnn2)ccc2nccnc12. The Bertz CT molecular complexity index is 670. The molecule has 1 N–H and O–H groups in total. The normalized spacial score (nSPS) is 10.7. The van der Waals surface area contributed by atoms with E-state index in [9.17, 15) is 0 Å². The molecule has 90 valence electrons. The lowest BCUT2D eigenvalue weighted by Crippen LogP contribution is -2.01. The molecule has 0 bridgehead atoms. The van der Waals surface area contributed by atoms with Crippen LogP contribution in [0.3, 0.4) is 0 Å². The molecule has 18 heavy (non-hydrogen) atoms. The summed E-state index contributed by atoms with van der Waals surface area (Å²) >= 11 is 4.89. The maximum absolute atomic E-state index is 4.31. The predicted molar refractivity (Wildman–Crippen MR) is 74.5 cm³/mol. The number of halogens is 1. The lowest BCUT2D eigenvalue weighted by molar-refractivity contribution is 0.998. The van der Waals surface area contributed by atoms with Gasteiger partial charge < -0.3 is 5.32 Å². The zero-order valence-corrected chi connectivity index (χ0v) is 11.6. The summed E-state index contributed by atoms with van der Waals surface area (Å²) in [5, 5.41) is 9.20. The first-order valence-corrected chi connectivity index (χ1v) is 6.86. The second-order valence-electron chi connectivity index (χ2n) is 3.60. The van der Waals surface area contributed by atoms with Gasteiger partial charge in [-0.1, -0.05) is 4.49 Å². The molecule has 0 atom stereocenters. The van der Waals surface area contributed by atoms with E-state index >= 15 is 0 Å². The minimum Gasteiger partial charge on any atom is -0.378 e. The molecule has 0 aliphatic carbocycles. The van der Waals surface area contributed by atoms with Gasteiger partial charge in [0.2, 0.25) is 0 Å². The maximum atomic E-state index is 4.31. The summed E-state index contributed by atoms with van der Waals surface area (Å²) in [4.78, 5) is 8.56. The fraction of sp³-hybridized carbons (Fsp3) is 0.0909. The van der Waals surface area contributed by atoms with E-state index in [1.165, 1.54) is 11.5 Å². The Hall–Kier alpha value is -1.60. The van der Waals surface area contributed by atoms with Crippen LogP contribution in [0.2, 0.25) is 0 Å². The molecular formula is C11H8BrN5S. The van der Waals surface area contributed by atoms with Crippen molar-refractivity contribution in [2.75, 3.05) is 5.32 Å². The van der Waals surface area contributed by atoms with Crippen LogP contribution in [-0.4, -0.2) is 19.6 Å². The highest BCUT2D eigenvalue weighted by molar-refractivity contribution is 9.10. The van der Waals surface area contributed by atoms with E-state index in [-0.39, 0.29) is 0 Å². The van der Waals surface area contributed by atoms with Crippen molar-refractivity contribution in [2.45, 2.75) is 6.54 Å². The van der Waals surface area contributed by atoms with Gasteiger partial charge in [0.05, 0.1) is 27.9 Å². The molecule has 0 aliphatic rings. The summed E-state index contributed by atoms with van der Waals surface area (Å²) in [6.07, 6.45) is 3.37. The Morgan fingerprint density at radius 1 is 1.22 bits per heavy atom. The fourth-order valence-corrected chi connectivity index (χ4v) is 2.62. The largest absolute Gasteiger partial charge is 0.378 e. The Morgan fingerprint density at radius 3 is 2.94 bits per heavy atom. The summed E-state index contributed by atoms with van der Waals surface area (Å²) in [5.74, 6) is 0. The molecule has 0 saturated carbocycles. The van der Waals surface area contributed by atoms with Crippen LogP contribution in [0.5, 0.6) is 0 Å². The van der Waals surface area contributed by atoms with E-state index in [1.807, 2.05) is 17.5 Å². The smallest absolute Gasteiger partial charge is 0.105 e. The zero-order chi connectivity index (χ0) is 12.4. The third-order valence-corrected chi connectivity index (χ3v) is 3.80. The second kappa shape index (κ2) is 4.95. The van der Waals surface area contributed by atoms with Crippen molar-refractivity contribution < 1.29 is 0 Å². The van der Waals surface area contributed by atoms with Gasteiger partial charge in [0.25, 0.3) is 0 Å². The number of aromatic nitrogens is 4. The molecule has 3 rings (SSSR count). The minimum absolute atomic E-state index is 0.640. The third kappa shape index (κ3) is 2.19. The van der Waals surface area contributed by atoms with Crippen LogP contribution in [0, 0.1) is 0 Å². The summed E-state index contributed by atoms with van der Waals surface area (Å²) in [5.41, 5.74) is 3.60. The highest BCUT2D eigenvalue weighted by atomic mass is 79.9. The summed E-state index contributed by atoms with van der Waals surface area (Å²) < 4.78 is 4.74. The predicted octanol–water partition coefficient (Wildman–Crippen LogP) is 2.86. The molecule has 0 radical (unpaired) electrons. The highest BCUT2D eigenvalue weighted by Crippen LogP contribution is 2.29. The van der Waals surface area contributed by atoms with Gasteiger partial charge in [0, 0.05) is 17.8 Å². The number of rotatable bonds is 3. The van der Waals surface area contributed by atoms with E-state index in [2.05, 4.69) is 40.8 Å². The van der Waals surface area contributed by atoms with E-state index in [1.54, 1.807) is 12.4 Å². The van der Waals surface area contributed by atoms with Gasteiger partial charge in [-0.2, -0.15) is 0 Å². The van der Waals surface area contributed by atoms with Crippen molar-refractivity contribution in [3.63, 3.8) is 0 Å². The molecule has 0 saturated heterocycles. The van der Waals surface area contributed by atoms with Crippen LogP contribution >= 0.6 is 27.5 Å². The summed E-state index contributed by atoms with van der Waals surface area (Å²) in [6.45, 7) is 0.640. The monoisotopic (exact) mass is 321 g/mol. The first kappa shape index (κ1) is 11.5. The number of hydrogen-bond acceptors (Lipinski definition) is 6. The average molecular weight is 322 g/mol. The topological polar surface area (TPSA) is 63.6 Å². The quantitative estimate of drug-likeness (QED) is 0.803. The maximum Gasteiger partial charge on any atom is 0.105 e. The lowest BCUT2D eigenvalue weighted by Gasteiger charge is -2.08. The number of anilines is 1. The molecule has 0 fully saturated rings. The molecular weight excluding hydrogens is 314 g/mol. The minimum atomic E-state index is 0.640. The Balaban J connectivity index is 1.90. The van der Waals surface area contributed by atoms with Crippen LogP contribution in [0.4, 0.5) is 5.69 Å². The van der Waals surface area contributed by atoms with Crippen LogP contribution in [-0.2, 0) is 6.54 Å². The van der Waals surface area contributed by atoms with Crippen LogP contribution in [0.1, 0.15) is 5.69 Å². The molecule has 0 aliphatic heterocycles. The van der Waals surface area contributed by atoms with Gasteiger partial charge in [-0.3, -0.25) is 9.97 Å². The van der Waals surface area contributed by atoms with Crippen LogP contribution in [0.15, 0.2) is 34.4 Å². The molecule has 2 heterocycles. The summed E-state index contributed by atoms with van der Waals surface area (Å²) in [6, 6.07) is 3.91. The number of benzene rings is 1. The van der Waals surface area contributed by atoms with Gasteiger partial charge in [-0.15, -0.1) is 5.10 Å². The average Bonchev–Trinajstić information content (AvgIpc) is 2.91. The first-order chi connectivity index (χ1) is 8.84. The van der Waals surface area contributed by atoms with Crippen molar-refractivity contribution in [2.24, 2.45) is 0 Å². The van der Waals surface area contributed by atoms with Gasteiger partial charge in [-0.05, 0) is 39.6 Å². The van der Waals surface area contributed by atoms with E-state index in [0.717, 1.165) is 26.9 Å². The number of nitrogens with zero attached hydrogens (tertiary/aromatic N) is 4. The number of hydrogen-bond donors (Lipinski definition) is 1. The molecule has 7 heteroatoms. The van der Waals surface area contributed by atoms with Crippen molar-refractivity contribution in [3.8, 4) is 0 Å². The number of fused-ring (bicyclic) bond motifs is 1. The highest BCUT2D eigenvalue weighted by Gasteiger charge is 2.07. The molecule has 2 aromatic heterocycles. The first-order valence-electron chi connectivity index (χ1n) is 5.23. The number of nitrogens with one attached hydrogen (secondary N) is 1. The van der Waals surface area contributed by atoms with Crippen LogP contribution < -0.4 is 5.32 Å². The third-order valence-electron chi connectivity index (χ3n) is 2.44. The van der Waals surface area contributed by atoms with E-state index in [4.69, 9.17) is 0 Å². The van der Waals surface area contributed by atoms with Crippen molar-refractivity contribution in [1.29, 1.82) is 0 Å². The van der Waals surface area contributed by atoms with E-state index in [0.29, 0.717) is 6.54 Å². The zero-order valence-electron chi connectivity index (χ0n) is 9.17. The van der Waals surface area contributed by atoms with Crippen molar-refractivity contribution in [1.82, 2.24) is 19.6 Å². The molecule has 0 amide bonds. The van der Waals surface area contributed by atoms with Gasteiger partial charge in [-0.25, -0.2) is 0 Å². The van der Waals surface area contributed by atoms with Gasteiger partial charge >= 0.3 is 0 Å². The Morgan fingerprint density at radius 2 is 2.11 bits per heavy atom. The summed E-state index contributed by atoms with van der Waals surface area (Å²) in [7, 11) is 0. The molecule has 1 aromatic carbocycles. The molecule has 5 nitrogen and oxygen atoms in total. The molecule has 0 unspecified atom stereocenters. The molecule has 0 spiro atoms. The molecule has 3 aromatic rings. The van der Waals surface area contributed by atoms with Crippen molar-refractivity contribution >= 4 is 44.2 Å². The standard InChI is InChI=1S/C11H8BrN5S/c12-10-8(15-5-7-6-18-17-16-7)1-2-9-11(10)14-4-3-13-9/h1-4,6,15H,5H2. The Labute approximate surface area is 116 Å². The van der Waals surface area contributed by atoms with Gasteiger partial charge in [0.1, 0.15) is 5.52 Å². The Kier molecular flexibility index (Phi) is 3.16. The second-order valence-corrected chi connectivity index (χ2v) is 5.00. The van der Waals surface area contributed by atoms with Crippen molar-refractivity contribution in [3.05, 3.63) is 40.1 Å².